The number of imide groups is 1. The van der Waals surface area contributed by atoms with Crippen LogP contribution in [0, 0.1) is 0 Å². The number of β-amino-alcohol motifs (C(OH)–C–C–N with tert-alkyl or cyclic N) is 1. The van der Waals surface area contributed by atoms with Crippen molar-refractivity contribution in [3.05, 3.63) is 0 Å². The van der Waals surface area contributed by atoms with Gasteiger partial charge in [-0.2, -0.15) is 0 Å². The van der Waals surface area contributed by atoms with Crippen LogP contribution in [0.4, 0.5) is 4.79 Å². The second-order valence-corrected chi connectivity index (χ2v) is 2.97. The largest absolute Gasteiger partial charge is 0.392 e. The number of aliphatic hydroxyl groups is 1. The van der Waals surface area contributed by atoms with Crippen LogP contribution in [0.5, 0.6) is 0 Å². The van der Waals surface area contributed by atoms with Gasteiger partial charge in [-0.15, -0.1) is 0 Å². The first kappa shape index (κ1) is 8.99. The number of amides is 3. The highest BCUT2D eigenvalue weighted by Gasteiger charge is 2.35. The molecule has 2 N–H and O–H groups in total. The highest BCUT2D eigenvalue weighted by atomic mass is 16.3. The zero-order valence-corrected chi connectivity index (χ0v) is 7.07. The molecular weight excluding hydrogens is 160 g/mol. The van der Waals surface area contributed by atoms with Gasteiger partial charge in [0.15, 0.2) is 0 Å². The third kappa shape index (κ3) is 1.55. The summed E-state index contributed by atoms with van der Waals surface area (Å²) in [4.78, 5) is 23.2. The Bertz CT molecular complexity index is 215. The molecule has 0 saturated carbocycles. The zero-order valence-electron chi connectivity index (χ0n) is 7.07. The standard InChI is InChI=1S/C7H12N2O3/c1-4(10)3-9-6(11)5(2)8-7(9)12/h4-5,10H,3H2,1-2H3,(H,8,12)/t4-,5-/m0/s1. The van der Waals surface area contributed by atoms with Crippen LogP contribution in [0.3, 0.4) is 0 Å². The van der Waals surface area contributed by atoms with E-state index in [0.29, 0.717) is 0 Å². The molecule has 5 nitrogen and oxygen atoms in total. The first-order chi connectivity index (χ1) is 5.52. The lowest BCUT2D eigenvalue weighted by atomic mass is 10.3. The molecule has 0 aromatic carbocycles. The van der Waals surface area contributed by atoms with Crippen molar-refractivity contribution >= 4 is 11.9 Å². The summed E-state index contributed by atoms with van der Waals surface area (Å²) in [5, 5.41) is 11.4. The van der Waals surface area contributed by atoms with Crippen LogP contribution in [-0.4, -0.2) is 40.6 Å². The topological polar surface area (TPSA) is 69.6 Å². The molecule has 1 fully saturated rings. The van der Waals surface area contributed by atoms with Crippen LogP contribution >= 0.6 is 0 Å². The van der Waals surface area contributed by atoms with E-state index in [9.17, 15) is 9.59 Å². The molecule has 1 aliphatic heterocycles. The average molecular weight is 172 g/mol. The predicted octanol–water partition coefficient (Wildman–Crippen LogP) is -0.693. The number of carbonyl (C=O) groups excluding carboxylic acids is 2. The molecule has 12 heavy (non-hydrogen) atoms. The minimum absolute atomic E-state index is 0.0645. The van der Waals surface area contributed by atoms with Crippen molar-refractivity contribution in [1.82, 2.24) is 10.2 Å². The van der Waals surface area contributed by atoms with Crippen LogP contribution in [0.1, 0.15) is 13.8 Å². The number of nitrogens with one attached hydrogen (secondary N) is 1. The summed E-state index contributed by atoms with van der Waals surface area (Å²) >= 11 is 0. The first-order valence-electron chi connectivity index (χ1n) is 3.82. The van der Waals surface area contributed by atoms with Gasteiger partial charge in [0.25, 0.3) is 5.91 Å². The SMILES string of the molecule is C[C@H](O)CN1C(=O)N[C@@H](C)C1=O. The molecule has 0 aliphatic carbocycles. The molecule has 0 bridgehead atoms. The van der Waals surface area contributed by atoms with Gasteiger partial charge in [-0.25, -0.2) is 4.79 Å². The molecule has 68 valence electrons. The smallest absolute Gasteiger partial charge is 0.324 e. The third-order valence-corrected chi connectivity index (χ3v) is 1.67. The first-order valence-corrected chi connectivity index (χ1v) is 3.82. The molecule has 0 aromatic rings. The Labute approximate surface area is 70.4 Å². The van der Waals surface area contributed by atoms with E-state index in [1.54, 1.807) is 6.92 Å². The lowest BCUT2D eigenvalue weighted by Gasteiger charge is -2.13. The Kier molecular flexibility index (Phi) is 2.32. The molecule has 1 saturated heterocycles. The van der Waals surface area contributed by atoms with Crippen molar-refractivity contribution in [2.45, 2.75) is 26.0 Å². The van der Waals surface area contributed by atoms with Crippen LogP contribution < -0.4 is 5.32 Å². The molecule has 0 unspecified atom stereocenters. The predicted molar refractivity (Wildman–Crippen MR) is 41.4 cm³/mol. The summed E-state index contributed by atoms with van der Waals surface area (Å²) in [7, 11) is 0. The summed E-state index contributed by atoms with van der Waals surface area (Å²) < 4.78 is 0. The molecule has 5 heteroatoms. The minimum atomic E-state index is -0.676. The molecule has 1 aliphatic rings. The second kappa shape index (κ2) is 3.10. The molecule has 0 spiro atoms. The Morgan fingerprint density at radius 2 is 2.25 bits per heavy atom. The summed E-state index contributed by atoms with van der Waals surface area (Å²) in [5.41, 5.74) is 0. The number of hydrogen-bond acceptors (Lipinski definition) is 3. The van der Waals surface area contributed by atoms with Gasteiger partial charge in [0.2, 0.25) is 0 Å². The van der Waals surface area contributed by atoms with Gasteiger partial charge in [0.1, 0.15) is 6.04 Å². The normalized spacial score (nSPS) is 25.9. The Morgan fingerprint density at radius 3 is 2.58 bits per heavy atom. The van der Waals surface area contributed by atoms with E-state index in [1.807, 2.05) is 0 Å². The highest BCUT2D eigenvalue weighted by Crippen LogP contribution is 2.05. The number of carbonyl (C=O) groups is 2. The molecular formula is C7H12N2O3. The van der Waals surface area contributed by atoms with E-state index in [1.165, 1.54) is 6.92 Å². The van der Waals surface area contributed by atoms with Gasteiger partial charge in [-0.3, -0.25) is 9.69 Å². The number of rotatable bonds is 2. The lowest BCUT2D eigenvalue weighted by Crippen LogP contribution is -2.36. The summed E-state index contributed by atoms with van der Waals surface area (Å²) in [6, 6.07) is -0.885. The minimum Gasteiger partial charge on any atom is -0.392 e. The van der Waals surface area contributed by atoms with E-state index < -0.39 is 18.2 Å². The van der Waals surface area contributed by atoms with E-state index in [0.717, 1.165) is 4.90 Å². The van der Waals surface area contributed by atoms with Gasteiger partial charge in [-0.05, 0) is 13.8 Å². The Morgan fingerprint density at radius 1 is 1.67 bits per heavy atom. The van der Waals surface area contributed by atoms with Gasteiger partial charge in [-0.1, -0.05) is 0 Å². The molecule has 1 rings (SSSR count). The van der Waals surface area contributed by atoms with E-state index >= 15 is 0 Å². The maximum Gasteiger partial charge on any atom is 0.324 e. The monoisotopic (exact) mass is 172 g/mol. The fourth-order valence-electron chi connectivity index (χ4n) is 1.10. The Balaban J connectivity index is 2.64. The fourth-order valence-corrected chi connectivity index (χ4v) is 1.10. The van der Waals surface area contributed by atoms with Crippen molar-refractivity contribution in [2.75, 3.05) is 6.54 Å². The molecule has 3 amide bonds. The van der Waals surface area contributed by atoms with Gasteiger partial charge >= 0.3 is 6.03 Å². The number of nitrogens with zero attached hydrogens (tertiary/aromatic N) is 1. The van der Waals surface area contributed by atoms with E-state index in [-0.39, 0.29) is 12.5 Å². The quantitative estimate of drug-likeness (QED) is 0.541. The second-order valence-electron chi connectivity index (χ2n) is 2.97. The van der Waals surface area contributed by atoms with E-state index in [4.69, 9.17) is 5.11 Å². The van der Waals surface area contributed by atoms with Gasteiger partial charge < -0.3 is 10.4 Å². The van der Waals surface area contributed by atoms with Crippen LogP contribution in [0.25, 0.3) is 0 Å². The van der Waals surface area contributed by atoms with Crippen molar-refractivity contribution in [3.8, 4) is 0 Å². The molecule has 0 radical (unpaired) electrons. The van der Waals surface area contributed by atoms with Crippen molar-refractivity contribution < 1.29 is 14.7 Å². The number of hydrogen-bond donors (Lipinski definition) is 2. The average Bonchev–Trinajstić information content (AvgIpc) is 2.16. The maximum absolute atomic E-state index is 11.2. The summed E-state index contributed by atoms with van der Waals surface area (Å²) in [6.07, 6.45) is -0.676. The Hall–Kier alpha value is -1.10. The number of urea groups is 1. The zero-order chi connectivity index (χ0) is 9.30. The number of aliphatic hydroxyl groups excluding tert-OH is 1. The fraction of sp³-hybridized carbons (Fsp3) is 0.714. The summed E-state index contributed by atoms with van der Waals surface area (Å²) in [5.74, 6) is -0.277. The lowest BCUT2D eigenvalue weighted by molar-refractivity contribution is -0.128. The molecule has 2 atom stereocenters. The van der Waals surface area contributed by atoms with Crippen molar-refractivity contribution in [1.29, 1.82) is 0 Å². The highest BCUT2D eigenvalue weighted by molar-refractivity contribution is 6.03. The molecule has 1 heterocycles. The van der Waals surface area contributed by atoms with Crippen LogP contribution in [-0.2, 0) is 4.79 Å². The van der Waals surface area contributed by atoms with E-state index in [2.05, 4.69) is 5.32 Å². The van der Waals surface area contributed by atoms with Crippen LogP contribution in [0.2, 0.25) is 0 Å². The van der Waals surface area contributed by atoms with Crippen LogP contribution in [0.15, 0.2) is 0 Å². The maximum atomic E-state index is 11.2. The van der Waals surface area contributed by atoms with Crippen molar-refractivity contribution in [2.24, 2.45) is 0 Å². The molecule has 0 aromatic heterocycles. The third-order valence-electron chi connectivity index (χ3n) is 1.67. The van der Waals surface area contributed by atoms with Gasteiger partial charge in [0.05, 0.1) is 12.6 Å². The van der Waals surface area contributed by atoms with Gasteiger partial charge in [0, 0.05) is 0 Å². The van der Waals surface area contributed by atoms with Crippen molar-refractivity contribution in [3.63, 3.8) is 0 Å². The summed E-state index contributed by atoms with van der Waals surface area (Å²) in [6.45, 7) is 3.21.